The first-order valence-electron chi connectivity index (χ1n) is 14.8. The van der Waals surface area contributed by atoms with Gasteiger partial charge in [-0.25, -0.2) is 0 Å². The van der Waals surface area contributed by atoms with E-state index in [1.165, 1.54) is 71.9 Å². The van der Waals surface area contributed by atoms with Crippen LogP contribution in [-0.2, 0) is 17.8 Å². The molecular weight excluding hydrogens is 486 g/mol. The van der Waals surface area contributed by atoms with Crippen LogP contribution < -0.4 is 5.73 Å². The molecule has 0 saturated heterocycles. The van der Waals surface area contributed by atoms with Gasteiger partial charge in [0.15, 0.2) is 0 Å². The average molecular weight is 532 g/mol. The molecule has 2 saturated carbocycles. The maximum Gasteiger partial charge on any atom is 0.223 e. The topological polar surface area (TPSA) is 62.1 Å². The molecule has 0 atom stereocenters. The second kappa shape index (κ2) is 13.2. The van der Waals surface area contributed by atoms with E-state index in [1.807, 2.05) is 0 Å². The Morgan fingerprint density at radius 2 is 1.63 bits per heavy atom. The largest absolute Gasteiger partial charge is 0.361 e. The number of para-hydroxylation sites is 1. The molecule has 5 heteroatoms. The fourth-order valence-electron chi connectivity index (χ4n) is 6.85. The third-order valence-corrected chi connectivity index (χ3v) is 9.90. The number of carbonyl (C=O) groups excluding carboxylic acids is 1. The molecule has 0 radical (unpaired) electrons. The molecule has 2 aliphatic carbocycles. The van der Waals surface area contributed by atoms with Gasteiger partial charge in [0.2, 0.25) is 5.91 Å². The third kappa shape index (κ3) is 7.04. The van der Waals surface area contributed by atoms with Crippen LogP contribution in [0, 0.1) is 11.8 Å². The number of amides is 1. The van der Waals surface area contributed by atoms with Crippen molar-refractivity contribution in [1.82, 2.24) is 9.88 Å². The number of fused-ring (bicyclic) bond motifs is 1. The molecule has 1 heterocycles. The van der Waals surface area contributed by atoms with Gasteiger partial charge in [0, 0.05) is 47.0 Å². The zero-order valence-electron chi connectivity index (χ0n) is 23.0. The van der Waals surface area contributed by atoms with Crippen molar-refractivity contribution in [3.05, 3.63) is 65.9 Å². The molecule has 3 N–H and O–H groups in total. The first-order valence-corrected chi connectivity index (χ1v) is 16.0. The first kappa shape index (κ1) is 27.3. The van der Waals surface area contributed by atoms with Crippen LogP contribution in [0.3, 0.4) is 0 Å². The number of hydrogen-bond donors (Lipinski definition) is 2. The average Bonchev–Trinajstić information content (AvgIpc) is 3.37. The minimum absolute atomic E-state index is 0.323. The molecule has 0 spiro atoms. The van der Waals surface area contributed by atoms with Gasteiger partial charge in [-0.05, 0) is 118 Å². The predicted octanol–water partition coefficient (Wildman–Crippen LogP) is 7.71. The molecule has 0 aliphatic heterocycles. The normalized spacial score (nSPS) is 23.9. The van der Waals surface area contributed by atoms with Crippen molar-refractivity contribution in [3.8, 4) is 0 Å². The van der Waals surface area contributed by atoms with Crippen LogP contribution in [0.2, 0.25) is 0 Å². The zero-order valence-corrected chi connectivity index (χ0v) is 23.9. The summed E-state index contributed by atoms with van der Waals surface area (Å²) >= 11 is 1.77. The van der Waals surface area contributed by atoms with Crippen molar-refractivity contribution >= 4 is 28.6 Å². The Hall–Kier alpha value is -2.24. The van der Waals surface area contributed by atoms with Crippen molar-refractivity contribution in [1.29, 1.82) is 0 Å². The summed E-state index contributed by atoms with van der Waals surface area (Å²) in [5.74, 6) is 2.02. The van der Waals surface area contributed by atoms with Crippen molar-refractivity contribution in [3.63, 3.8) is 0 Å². The smallest absolute Gasteiger partial charge is 0.223 e. The van der Waals surface area contributed by atoms with Crippen molar-refractivity contribution in [2.24, 2.45) is 17.6 Å². The molecule has 38 heavy (non-hydrogen) atoms. The molecule has 4 nitrogen and oxygen atoms in total. The number of thioether (sulfide) groups is 1. The monoisotopic (exact) mass is 531 g/mol. The van der Waals surface area contributed by atoms with Gasteiger partial charge in [0.1, 0.15) is 0 Å². The number of nitrogens with zero attached hydrogens (tertiary/aromatic N) is 1. The molecular formula is C33H45N3OS. The first-order chi connectivity index (χ1) is 18.6. The second-order valence-corrected chi connectivity index (χ2v) is 12.7. The van der Waals surface area contributed by atoms with Crippen molar-refractivity contribution < 1.29 is 4.79 Å². The van der Waals surface area contributed by atoms with Crippen LogP contribution in [0.4, 0.5) is 0 Å². The summed E-state index contributed by atoms with van der Waals surface area (Å²) in [6.07, 6.45) is 17.9. The molecule has 2 fully saturated rings. The van der Waals surface area contributed by atoms with E-state index in [9.17, 15) is 4.79 Å². The van der Waals surface area contributed by atoms with Crippen LogP contribution >= 0.6 is 11.8 Å². The van der Waals surface area contributed by atoms with Crippen LogP contribution in [0.25, 0.3) is 10.9 Å². The van der Waals surface area contributed by atoms with Crippen LogP contribution in [0.1, 0.15) is 81.8 Å². The van der Waals surface area contributed by atoms with Gasteiger partial charge >= 0.3 is 0 Å². The summed E-state index contributed by atoms with van der Waals surface area (Å²) in [6.45, 7) is 0.733. The van der Waals surface area contributed by atoms with Gasteiger partial charge in [-0.1, -0.05) is 30.3 Å². The summed E-state index contributed by atoms with van der Waals surface area (Å²) in [5.41, 5.74) is 9.87. The molecule has 5 rings (SSSR count). The summed E-state index contributed by atoms with van der Waals surface area (Å²) in [4.78, 5) is 20.6. The highest BCUT2D eigenvalue weighted by Crippen LogP contribution is 2.37. The Morgan fingerprint density at radius 1 is 0.947 bits per heavy atom. The third-order valence-electron chi connectivity index (χ3n) is 9.16. The number of hydrogen-bond acceptors (Lipinski definition) is 3. The maximum absolute atomic E-state index is 13.7. The van der Waals surface area contributed by atoms with E-state index in [4.69, 9.17) is 5.73 Å². The molecule has 3 aromatic rings. The van der Waals surface area contributed by atoms with E-state index >= 15 is 0 Å². The number of aryl methyl sites for hydroxylation is 1. The molecule has 1 amide bonds. The summed E-state index contributed by atoms with van der Waals surface area (Å²) in [5, 5.41) is 1.28. The maximum atomic E-state index is 13.7. The number of aromatic amines is 1. The lowest BCUT2D eigenvalue weighted by atomic mass is 9.75. The highest BCUT2D eigenvalue weighted by molar-refractivity contribution is 7.98. The molecule has 0 unspecified atom stereocenters. The van der Waals surface area contributed by atoms with E-state index in [-0.39, 0.29) is 0 Å². The lowest BCUT2D eigenvalue weighted by Gasteiger charge is -2.38. The van der Waals surface area contributed by atoms with Crippen LogP contribution in [0.5, 0.6) is 0 Å². The fraction of sp³-hybridized carbons (Fsp3) is 0.545. The van der Waals surface area contributed by atoms with Gasteiger partial charge in [0.05, 0.1) is 0 Å². The van der Waals surface area contributed by atoms with E-state index in [2.05, 4.69) is 70.9 Å². The van der Waals surface area contributed by atoms with Gasteiger partial charge in [-0.3, -0.25) is 4.79 Å². The Kier molecular flexibility index (Phi) is 9.50. The fourth-order valence-corrected chi connectivity index (χ4v) is 7.26. The summed E-state index contributed by atoms with van der Waals surface area (Å²) in [6, 6.07) is 18.0. The number of aromatic nitrogens is 1. The number of carbonyl (C=O) groups is 1. The SMILES string of the molecule is CSc1ccc(CN(C(=O)CCCc2c[nH]c3ccccc23)C2CCC(CC3CCC(N)CC3)CC2)cc1. The Morgan fingerprint density at radius 3 is 2.34 bits per heavy atom. The van der Waals surface area contributed by atoms with E-state index < -0.39 is 0 Å². The van der Waals surface area contributed by atoms with Crippen LogP contribution in [0.15, 0.2) is 59.6 Å². The summed E-state index contributed by atoms with van der Waals surface area (Å²) < 4.78 is 0. The number of nitrogens with two attached hydrogens (primary N) is 1. The van der Waals surface area contributed by atoms with E-state index in [0.29, 0.717) is 24.4 Å². The van der Waals surface area contributed by atoms with Gasteiger partial charge in [0.25, 0.3) is 0 Å². The second-order valence-electron chi connectivity index (χ2n) is 11.8. The van der Waals surface area contributed by atoms with Gasteiger partial charge in [-0.15, -0.1) is 11.8 Å². The zero-order chi connectivity index (χ0) is 26.3. The highest BCUT2D eigenvalue weighted by atomic mass is 32.2. The highest BCUT2D eigenvalue weighted by Gasteiger charge is 2.30. The molecule has 0 bridgehead atoms. The number of nitrogens with one attached hydrogen (secondary N) is 1. The standard InChI is InChI=1S/C33H45N3OS/c1-38-30-19-13-26(14-20-30)23-36(29-17-11-25(12-18-29)21-24-9-15-28(34)16-10-24)33(37)8-4-5-27-22-35-32-7-3-2-6-31(27)32/h2-3,6-7,13-14,19-20,22,24-25,28-29,35H,4-5,8-12,15-18,21,23,34H2,1H3. The van der Waals surface area contributed by atoms with Gasteiger partial charge in [-0.2, -0.15) is 0 Å². The molecule has 1 aromatic heterocycles. The van der Waals surface area contributed by atoms with Crippen molar-refractivity contribution in [2.45, 2.75) is 101 Å². The minimum atomic E-state index is 0.323. The molecule has 2 aliphatic rings. The summed E-state index contributed by atoms with van der Waals surface area (Å²) in [7, 11) is 0. The Bertz CT molecular complexity index is 1160. The predicted molar refractivity (Wildman–Crippen MR) is 160 cm³/mol. The number of H-pyrrole nitrogens is 1. The Labute approximate surface area is 233 Å². The Balaban J connectivity index is 1.19. The van der Waals surface area contributed by atoms with E-state index in [0.717, 1.165) is 44.1 Å². The molecule has 2 aromatic carbocycles. The van der Waals surface area contributed by atoms with Gasteiger partial charge < -0.3 is 15.6 Å². The number of benzene rings is 2. The minimum Gasteiger partial charge on any atom is -0.361 e. The van der Waals surface area contributed by atoms with E-state index in [1.54, 1.807) is 11.8 Å². The number of rotatable bonds is 10. The van der Waals surface area contributed by atoms with Crippen molar-refractivity contribution in [2.75, 3.05) is 6.26 Å². The lowest BCUT2D eigenvalue weighted by molar-refractivity contribution is -0.135. The van der Waals surface area contributed by atoms with Crippen LogP contribution in [-0.4, -0.2) is 34.1 Å². The lowest BCUT2D eigenvalue weighted by Crippen LogP contribution is -2.42. The molecule has 204 valence electrons. The quantitative estimate of drug-likeness (QED) is 0.263.